The van der Waals surface area contributed by atoms with Gasteiger partial charge in [0.2, 0.25) is 0 Å². The molecule has 2 aromatic carbocycles. The number of ether oxygens (including phenoxy) is 2. The molecule has 2 nitrogen and oxygen atoms in total. The Morgan fingerprint density at radius 3 is 2.33 bits per heavy atom. The van der Waals surface area contributed by atoms with Gasteiger partial charge in [-0.25, -0.2) is 17.6 Å². The highest BCUT2D eigenvalue weighted by molar-refractivity contribution is 5.35. The van der Waals surface area contributed by atoms with Gasteiger partial charge < -0.3 is 9.47 Å². The van der Waals surface area contributed by atoms with Crippen LogP contribution in [0.3, 0.4) is 0 Å². The Morgan fingerprint density at radius 1 is 1.00 bits per heavy atom. The van der Waals surface area contributed by atoms with E-state index in [0.717, 1.165) is 56.4 Å². The molecule has 0 amide bonds. The van der Waals surface area contributed by atoms with Crippen LogP contribution < -0.4 is 9.47 Å². The van der Waals surface area contributed by atoms with Gasteiger partial charge in [0.05, 0.1) is 11.8 Å². The fourth-order valence-corrected chi connectivity index (χ4v) is 4.23. The van der Waals surface area contributed by atoms with Gasteiger partial charge >= 0.3 is 6.11 Å². The van der Waals surface area contributed by atoms with Crippen LogP contribution in [0.15, 0.2) is 48.7 Å². The summed E-state index contributed by atoms with van der Waals surface area (Å²) in [5, 5.41) is 0. The summed E-state index contributed by atoms with van der Waals surface area (Å²) < 4.78 is 91.3. The van der Waals surface area contributed by atoms with E-state index in [0.29, 0.717) is 29.9 Å². The van der Waals surface area contributed by atoms with Gasteiger partial charge in [-0.2, -0.15) is 8.78 Å². The van der Waals surface area contributed by atoms with Gasteiger partial charge in [-0.05, 0) is 67.3 Å². The zero-order valence-corrected chi connectivity index (χ0v) is 18.2. The third kappa shape index (κ3) is 6.68. The van der Waals surface area contributed by atoms with Gasteiger partial charge in [0, 0.05) is 12.1 Å². The van der Waals surface area contributed by atoms with Crippen LogP contribution in [-0.4, -0.2) is 6.43 Å². The summed E-state index contributed by atoms with van der Waals surface area (Å²) in [7, 11) is 0. The summed E-state index contributed by atoms with van der Waals surface area (Å²) in [5.41, 5.74) is -0.266. The molecule has 0 saturated heterocycles. The van der Waals surface area contributed by atoms with Crippen LogP contribution in [0.5, 0.6) is 11.5 Å². The molecule has 8 heteroatoms. The number of hydrogen-bond acceptors (Lipinski definition) is 2. The number of alkyl halides is 4. The minimum absolute atomic E-state index is 0.136. The van der Waals surface area contributed by atoms with E-state index in [4.69, 9.17) is 0 Å². The van der Waals surface area contributed by atoms with E-state index in [1.807, 2.05) is 0 Å². The Balaban J connectivity index is 1.68. The molecule has 1 aliphatic carbocycles. The second-order valence-corrected chi connectivity index (χ2v) is 8.24. The van der Waals surface area contributed by atoms with Crippen LogP contribution in [0, 0.1) is 17.6 Å². The maximum atomic E-state index is 14.6. The van der Waals surface area contributed by atoms with Crippen LogP contribution in [-0.2, 0) is 6.11 Å². The molecule has 1 aliphatic rings. The Hall–Kier alpha value is -2.64. The lowest BCUT2D eigenvalue weighted by molar-refractivity contribution is -0.187. The highest BCUT2D eigenvalue weighted by Crippen LogP contribution is 2.40. The Labute approximate surface area is 189 Å². The van der Waals surface area contributed by atoms with Crippen LogP contribution in [0.1, 0.15) is 62.5 Å². The van der Waals surface area contributed by atoms with E-state index in [9.17, 15) is 26.3 Å². The maximum absolute atomic E-state index is 14.6. The quantitative estimate of drug-likeness (QED) is 0.270. The average molecular weight is 472 g/mol. The fourth-order valence-electron chi connectivity index (χ4n) is 4.23. The highest BCUT2D eigenvalue weighted by atomic mass is 19.3. The Morgan fingerprint density at radius 2 is 1.73 bits per heavy atom. The second-order valence-electron chi connectivity index (χ2n) is 8.24. The zero-order valence-electron chi connectivity index (χ0n) is 18.2. The molecule has 0 spiro atoms. The van der Waals surface area contributed by atoms with Crippen molar-refractivity contribution in [2.45, 2.75) is 63.9 Å². The van der Waals surface area contributed by atoms with Crippen molar-refractivity contribution in [1.29, 1.82) is 0 Å². The predicted octanol–water partition coefficient (Wildman–Crippen LogP) is 8.32. The molecular formula is C25H26F6O2. The molecule has 180 valence electrons. The molecule has 0 bridgehead atoms. The van der Waals surface area contributed by atoms with E-state index in [2.05, 4.69) is 16.4 Å². The van der Waals surface area contributed by atoms with Crippen molar-refractivity contribution in [2.75, 3.05) is 0 Å². The third-order valence-corrected chi connectivity index (χ3v) is 5.89. The molecule has 0 heterocycles. The first-order valence-electron chi connectivity index (χ1n) is 11.0. The normalized spacial score (nSPS) is 19.3. The van der Waals surface area contributed by atoms with E-state index >= 15 is 0 Å². The smallest absolute Gasteiger partial charge is 0.429 e. The van der Waals surface area contributed by atoms with E-state index in [1.165, 1.54) is 12.5 Å². The first-order chi connectivity index (χ1) is 15.7. The van der Waals surface area contributed by atoms with Gasteiger partial charge in [-0.3, -0.25) is 0 Å². The van der Waals surface area contributed by atoms with Gasteiger partial charge in [0.1, 0.15) is 11.6 Å². The van der Waals surface area contributed by atoms with E-state index in [1.54, 1.807) is 0 Å². The largest absolute Gasteiger partial charge is 0.462 e. The number of rotatable bonds is 9. The van der Waals surface area contributed by atoms with Crippen LogP contribution in [0.2, 0.25) is 0 Å². The molecule has 2 aromatic rings. The Kier molecular flexibility index (Phi) is 8.32. The SMILES string of the molecule is CCCC1CCC(c2ccc(C(F)(F)Oc3ccc(O/C=C/C(F)F)c(F)c3)c(F)c2)CC1. The lowest BCUT2D eigenvalue weighted by Gasteiger charge is -2.29. The van der Waals surface area contributed by atoms with Crippen molar-refractivity contribution in [2.24, 2.45) is 5.92 Å². The molecular weight excluding hydrogens is 446 g/mol. The molecule has 0 radical (unpaired) electrons. The topological polar surface area (TPSA) is 18.5 Å². The Bertz CT molecular complexity index is 952. The minimum atomic E-state index is -4.05. The summed E-state index contributed by atoms with van der Waals surface area (Å²) in [4.78, 5) is 0. The molecule has 33 heavy (non-hydrogen) atoms. The van der Waals surface area contributed by atoms with Crippen LogP contribution in [0.4, 0.5) is 26.3 Å². The van der Waals surface area contributed by atoms with Gasteiger partial charge in [0.15, 0.2) is 11.6 Å². The summed E-state index contributed by atoms with van der Waals surface area (Å²) in [6.07, 6.45) is 0.333. The van der Waals surface area contributed by atoms with Crippen molar-refractivity contribution >= 4 is 0 Å². The fraction of sp³-hybridized carbons (Fsp3) is 0.440. The van der Waals surface area contributed by atoms with Crippen molar-refractivity contribution in [3.05, 3.63) is 71.5 Å². The molecule has 1 saturated carbocycles. The predicted molar refractivity (Wildman–Crippen MR) is 113 cm³/mol. The minimum Gasteiger partial charge on any atom is -0.462 e. The van der Waals surface area contributed by atoms with E-state index in [-0.39, 0.29) is 5.92 Å². The van der Waals surface area contributed by atoms with Gasteiger partial charge in [0.25, 0.3) is 6.43 Å². The monoisotopic (exact) mass is 472 g/mol. The van der Waals surface area contributed by atoms with Crippen molar-refractivity contribution in [3.8, 4) is 11.5 Å². The number of halogens is 6. The molecule has 1 fully saturated rings. The zero-order chi connectivity index (χ0) is 24.0. The van der Waals surface area contributed by atoms with Crippen molar-refractivity contribution in [3.63, 3.8) is 0 Å². The number of hydrogen-bond donors (Lipinski definition) is 0. The lowest BCUT2D eigenvalue weighted by atomic mass is 9.77. The second kappa shape index (κ2) is 11.0. The van der Waals surface area contributed by atoms with Crippen LogP contribution in [0.25, 0.3) is 0 Å². The van der Waals surface area contributed by atoms with Gasteiger partial charge in [-0.15, -0.1) is 0 Å². The van der Waals surface area contributed by atoms with Gasteiger partial charge in [-0.1, -0.05) is 25.8 Å². The molecule has 0 unspecified atom stereocenters. The first kappa shape index (κ1) is 25.0. The van der Waals surface area contributed by atoms with Crippen molar-refractivity contribution < 1.29 is 35.8 Å². The molecule has 0 N–H and O–H groups in total. The van der Waals surface area contributed by atoms with E-state index < -0.39 is 41.2 Å². The molecule has 3 rings (SSSR count). The number of allylic oxidation sites excluding steroid dienone is 1. The molecule has 0 aromatic heterocycles. The summed E-state index contributed by atoms with van der Waals surface area (Å²) >= 11 is 0. The molecule has 0 atom stereocenters. The highest BCUT2D eigenvalue weighted by Gasteiger charge is 2.38. The summed E-state index contributed by atoms with van der Waals surface area (Å²) in [6.45, 7) is 2.15. The average Bonchev–Trinajstić information content (AvgIpc) is 2.75. The lowest BCUT2D eigenvalue weighted by Crippen LogP contribution is -2.24. The first-order valence-corrected chi connectivity index (χ1v) is 11.0. The summed E-state index contributed by atoms with van der Waals surface area (Å²) in [6, 6.07) is 6.17. The standard InChI is InChI=1S/C25H26F6O2/c1-2-3-16-4-6-17(7-5-16)18-8-10-20(21(26)14-18)25(30,31)33-19-9-11-23(22(27)15-19)32-13-12-24(28)29/h8-17,24H,2-7H2,1H3/b13-12+. The molecule has 0 aliphatic heterocycles. The summed E-state index contributed by atoms with van der Waals surface area (Å²) in [5.74, 6) is -2.41. The maximum Gasteiger partial charge on any atom is 0.429 e. The van der Waals surface area contributed by atoms with Crippen LogP contribution >= 0.6 is 0 Å². The third-order valence-electron chi connectivity index (χ3n) is 5.89. The number of benzene rings is 2. The van der Waals surface area contributed by atoms with Crippen molar-refractivity contribution in [1.82, 2.24) is 0 Å².